The van der Waals surface area contributed by atoms with Crippen LogP contribution in [0.4, 0.5) is 5.95 Å². The second-order valence-electron chi connectivity index (χ2n) is 8.42. The zero-order valence-electron chi connectivity index (χ0n) is 16.7. The van der Waals surface area contributed by atoms with Gasteiger partial charge in [0.05, 0.1) is 11.3 Å². The van der Waals surface area contributed by atoms with Gasteiger partial charge in [-0.15, -0.1) is 0 Å². The molecule has 2 atom stereocenters. The maximum atomic E-state index is 13.3. The highest BCUT2D eigenvalue weighted by Gasteiger charge is 2.40. The molecule has 0 spiro atoms. The van der Waals surface area contributed by atoms with Gasteiger partial charge in [0, 0.05) is 65.2 Å². The number of aryl methyl sites for hydroxylation is 1. The topological polar surface area (TPSA) is 61.8 Å². The van der Waals surface area contributed by atoms with E-state index in [9.17, 15) is 4.79 Å². The fourth-order valence-electron chi connectivity index (χ4n) is 4.75. The Balaban J connectivity index is 1.52. The van der Waals surface area contributed by atoms with Crippen LogP contribution in [0.1, 0.15) is 41.7 Å². The van der Waals surface area contributed by atoms with Crippen molar-refractivity contribution in [1.29, 1.82) is 0 Å². The Bertz CT molecular complexity index is 689. The summed E-state index contributed by atoms with van der Waals surface area (Å²) in [6.07, 6.45) is 6.27. The third kappa shape index (κ3) is 3.80. The van der Waals surface area contributed by atoms with E-state index in [4.69, 9.17) is 4.74 Å². The highest BCUT2D eigenvalue weighted by molar-refractivity contribution is 5.95. The molecule has 0 radical (unpaired) electrons. The fourth-order valence-corrected chi connectivity index (χ4v) is 4.75. The van der Waals surface area contributed by atoms with E-state index in [1.54, 1.807) is 6.20 Å². The molecule has 4 aliphatic heterocycles. The van der Waals surface area contributed by atoms with Gasteiger partial charge < -0.3 is 14.5 Å². The molecule has 0 aromatic carbocycles. The van der Waals surface area contributed by atoms with Gasteiger partial charge in [-0.05, 0) is 38.5 Å². The maximum absolute atomic E-state index is 13.3. The van der Waals surface area contributed by atoms with E-state index in [0.717, 1.165) is 57.8 Å². The third-order valence-electron chi connectivity index (χ3n) is 6.31. The predicted molar refractivity (Wildman–Crippen MR) is 104 cm³/mol. The summed E-state index contributed by atoms with van der Waals surface area (Å²) in [7, 11) is 3.82. The average molecular weight is 374 g/mol. The summed E-state index contributed by atoms with van der Waals surface area (Å²) < 4.78 is 5.54. The van der Waals surface area contributed by atoms with Crippen LogP contribution in [-0.4, -0.2) is 84.7 Å². The Morgan fingerprint density at radius 3 is 2.59 bits per heavy atom. The summed E-state index contributed by atoms with van der Waals surface area (Å²) in [6.45, 7) is 6.61. The van der Waals surface area contributed by atoms with Gasteiger partial charge >= 0.3 is 0 Å². The fraction of sp³-hybridized carbons (Fsp3) is 0.750. The van der Waals surface area contributed by atoms with Gasteiger partial charge in [0.1, 0.15) is 0 Å². The number of piperidine rings is 1. The predicted octanol–water partition coefficient (Wildman–Crippen LogP) is 1.57. The van der Waals surface area contributed by atoms with Crippen LogP contribution in [0.5, 0.6) is 0 Å². The Morgan fingerprint density at radius 2 is 1.89 bits per heavy atom. The second-order valence-corrected chi connectivity index (χ2v) is 8.42. The zero-order valence-corrected chi connectivity index (χ0v) is 16.7. The van der Waals surface area contributed by atoms with Gasteiger partial charge in [-0.1, -0.05) is 0 Å². The summed E-state index contributed by atoms with van der Waals surface area (Å²) in [5.41, 5.74) is 1.41. The number of hydrogen-bond acceptors (Lipinski definition) is 6. The van der Waals surface area contributed by atoms with E-state index >= 15 is 0 Å². The molecule has 0 unspecified atom stereocenters. The van der Waals surface area contributed by atoms with Crippen LogP contribution >= 0.6 is 0 Å². The first-order valence-electron chi connectivity index (χ1n) is 10.2. The van der Waals surface area contributed by atoms with Crippen molar-refractivity contribution < 1.29 is 9.53 Å². The van der Waals surface area contributed by atoms with E-state index in [-0.39, 0.29) is 5.91 Å². The van der Waals surface area contributed by atoms with Crippen molar-refractivity contribution in [1.82, 2.24) is 19.8 Å². The van der Waals surface area contributed by atoms with E-state index < -0.39 is 0 Å². The molecule has 7 nitrogen and oxygen atoms in total. The molecule has 7 heteroatoms. The van der Waals surface area contributed by atoms with E-state index in [2.05, 4.69) is 19.8 Å². The SMILES string of the molecule is Cc1nc(N(C)C)ncc1C(=O)N1C[C@H]2CC[C@@H]1CN(C1CCOCC1)C2. The lowest BCUT2D eigenvalue weighted by atomic mass is 9.94. The highest BCUT2D eigenvalue weighted by atomic mass is 16.5. The summed E-state index contributed by atoms with van der Waals surface area (Å²) in [5, 5.41) is 0. The molecule has 27 heavy (non-hydrogen) atoms. The number of carbonyl (C=O) groups excluding carboxylic acids is 1. The van der Waals surface area contributed by atoms with Crippen LogP contribution in [0.3, 0.4) is 0 Å². The van der Waals surface area contributed by atoms with Gasteiger partial charge in [-0.25, -0.2) is 9.97 Å². The lowest BCUT2D eigenvalue weighted by molar-refractivity contribution is 0.0304. The zero-order chi connectivity index (χ0) is 19.0. The van der Waals surface area contributed by atoms with Crippen LogP contribution in [0.2, 0.25) is 0 Å². The smallest absolute Gasteiger partial charge is 0.257 e. The van der Waals surface area contributed by atoms with Crippen molar-refractivity contribution in [3.8, 4) is 0 Å². The van der Waals surface area contributed by atoms with Crippen molar-refractivity contribution in [2.75, 3.05) is 51.8 Å². The molecule has 5 heterocycles. The van der Waals surface area contributed by atoms with Crippen LogP contribution in [0.25, 0.3) is 0 Å². The molecule has 4 aliphatic rings. The van der Waals surface area contributed by atoms with Crippen molar-refractivity contribution >= 4 is 11.9 Å². The first-order chi connectivity index (χ1) is 13.0. The molecule has 4 saturated heterocycles. The number of amides is 1. The standard InChI is InChI=1S/C20H31N5O2/c1-14-18(10-21-20(22-14)23(2)3)19(26)25-12-15-4-5-17(25)13-24(11-15)16-6-8-27-9-7-16/h10,15-17H,4-9,11-13H2,1-3H3/t15-,17+/m0/s1. The highest BCUT2D eigenvalue weighted by Crippen LogP contribution is 2.32. The molecule has 0 N–H and O–H groups in total. The number of ether oxygens (including phenoxy) is 1. The van der Waals surface area contributed by atoms with Gasteiger partial charge in [-0.3, -0.25) is 9.69 Å². The Morgan fingerprint density at radius 1 is 1.11 bits per heavy atom. The molecule has 5 rings (SSSR count). The number of anilines is 1. The largest absolute Gasteiger partial charge is 0.381 e. The monoisotopic (exact) mass is 373 g/mol. The minimum absolute atomic E-state index is 0.0985. The second kappa shape index (κ2) is 7.72. The van der Waals surface area contributed by atoms with E-state index in [0.29, 0.717) is 29.5 Å². The lowest BCUT2D eigenvalue weighted by Gasteiger charge is -2.37. The first kappa shape index (κ1) is 18.6. The summed E-state index contributed by atoms with van der Waals surface area (Å²) >= 11 is 0. The molecular formula is C20H31N5O2. The Labute approximate surface area is 161 Å². The first-order valence-corrected chi connectivity index (χ1v) is 10.2. The average Bonchev–Trinajstić information content (AvgIpc) is 3.00. The number of aromatic nitrogens is 2. The third-order valence-corrected chi connectivity index (χ3v) is 6.31. The summed E-state index contributed by atoms with van der Waals surface area (Å²) in [5.74, 6) is 1.31. The van der Waals surface area contributed by atoms with E-state index in [1.807, 2.05) is 25.9 Å². The number of hydrogen-bond donors (Lipinski definition) is 0. The number of carbonyl (C=O) groups is 1. The van der Waals surface area contributed by atoms with E-state index in [1.165, 1.54) is 6.42 Å². The number of nitrogens with zero attached hydrogens (tertiary/aromatic N) is 5. The summed E-state index contributed by atoms with van der Waals surface area (Å²) in [4.78, 5) is 28.8. The normalized spacial score (nSPS) is 26.9. The molecule has 1 aromatic heterocycles. The van der Waals surface area contributed by atoms with Gasteiger partial charge in [0.15, 0.2) is 0 Å². The molecule has 1 aromatic rings. The van der Waals surface area contributed by atoms with Crippen molar-refractivity contribution in [3.05, 3.63) is 17.5 Å². The van der Waals surface area contributed by atoms with Crippen LogP contribution < -0.4 is 4.90 Å². The van der Waals surface area contributed by atoms with Crippen molar-refractivity contribution in [3.63, 3.8) is 0 Å². The molecule has 0 aliphatic carbocycles. The molecule has 0 saturated carbocycles. The van der Waals surface area contributed by atoms with Gasteiger partial charge in [0.2, 0.25) is 5.95 Å². The lowest BCUT2D eigenvalue weighted by Crippen LogP contribution is -2.48. The minimum Gasteiger partial charge on any atom is -0.381 e. The Hall–Kier alpha value is -1.73. The Kier molecular flexibility index (Phi) is 5.32. The van der Waals surface area contributed by atoms with Gasteiger partial charge in [0.25, 0.3) is 5.91 Å². The van der Waals surface area contributed by atoms with Crippen LogP contribution in [0, 0.1) is 12.8 Å². The number of rotatable bonds is 3. The summed E-state index contributed by atoms with van der Waals surface area (Å²) in [6, 6.07) is 0.911. The van der Waals surface area contributed by atoms with Crippen molar-refractivity contribution in [2.45, 2.75) is 44.7 Å². The molecular weight excluding hydrogens is 342 g/mol. The van der Waals surface area contributed by atoms with Crippen molar-refractivity contribution in [2.24, 2.45) is 5.92 Å². The van der Waals surface area contributed by atoms with Crippen LogP contribution in [-0.2, 0) is 4.74 Å². The number of fused-ring (bicyclic) bond motifs is 4. The van der Waals surface area contributed by atoms with Crippen LogP contribution in [0.15, 0.2) is 6.20 Å². The van der Waals surface area contributed by atoms with Gasteiger partial charge in [-0.2, -0.15) is 0 Å². The molecule has 2 bridgehead atoms. The molecule has 148 valence electrons. The molecule has 4 fully saturated rings. The maximum Gasteiger partial charge on any atom is 0.257 e. The molecule has 1 amide bonds. The minimum atomic E-state index is 0.0985. The quantitative estimate of drug-likeness (QED) is 0.801.